The summed E-state index contributed by atoms with van der Waals surface area (Å²) in [6.07, 6.45) is 0. The van der Waals surface area contributed by atoms with Gasteiger partial charge in [-0.15, -0.1) is 0 Å². The molecule has 0 saturated heterocycles. The van der Waals surface area contributed by atoms with E-state index in [1.165, 1.54) is 21.2 Å². The summed E-state index contributed by atoms with van der Waals surface area (Å²) in [7, 11) is -2.30. The molecule has 130 valence electrons. The van der Waals surface area contributed by atoms with Crippen LogP contribution in [0, 0.1) is 0 Å². The van der Waals surface area contributed by atoms with Crippen LogP contribution in [0.25, 0.3) is 0 Å². The monoisotopic (exact) mass is 374 g/mol. The van der Waals surface area contributed by atoms with E-state index in [1.807, 2.05) is 0 Å². The van der Waals surface area contributed by atoms with Crippen LogP contribution in [0.1, 0.15) is 0 Å². The van der Waals surface area contributed by atoms with Crippen molar-refractivity contribution in [3.63, 3.8) is 0 Å². The molecule has 4 aromatic carbocycles. The predicted molar refractivity (Wildman–Crippen MR) is 123 cm³/mol. The Labute approximate surface area is 163 Å². The van der Waals surface area contributed by atoms with E-state index in [0.29, 0.717) is 0 Å². The van der Waals surface area contributed by atoms with Crippen molar-refractivity contribution >= 4 is 42.0 Å². The first-order valence-electron chi connectivity index (χ1n) is 8.64. The van der Waals surface area contributed by atoms with Crippen molar-refractivity contribution in [2.45, 2.75) is 0 Å². The molecule has 0 fully saturated rings. The molecule has 0 N–H and O–H groups in total. The Bertz CT molecular complexity index is 759. The molecular formula is C24H23PS. The summed E-state index contributed by atoms with van der Waals surface area (Å²) >= 11 is 0. The Morgan fingerprint density at radius 1 is 0.308 bits per heavy atom. The molecule has 0 heterocycles. The van der Waals surface area contributed by atoms with E-state index in [9.17, 15) is 0 Å². The van der Waals surface area contributed by atoms with Gasteiger partial charge in [0.25, 0.3) is 0 Å². The van der Waals surface area contributed by atoms with E-state index in [4.69, 9.17) is 0 Å². The van der Waals surface area contributed by atoms with Crippen LogP contribution in [0.5, 0.6) is 0 Å². The summed E-state index contributed by atoms with van der Waals surface area (Å²) in [5.41, 5.74) is 0. The summed E-state index contributed by atoms with van der Waals surface area (Å²) < 4.78 is 0. The number of benzene rings is 4. The second-order valence-electron chi connectivity index (χ2n) is 6.21. The SMILES string of the molecule is S.c1ccc([PH](c2ccccc2)(c2ccccc2)c2ccccc2)cc1. The van der Waals surface area contributed by atoms with Gasteiger partial charge in [-0.3, -0.25) is 0 Å². The number of rotatable bonds is 4. The first-order valence-corrected chi connectivity index (χ1v) is 10.6. The van der Waals surface area contributed by atoms with E-state index in [0.717, 1.165) is 0 Å². The third kappa shape index (κ3) is 3.21. The van der Waals surface area contributed by atoms with E-state index in [1.54, 1.807) is 0 Å². The molecule has 0 aliphatic heterocycles. The van der Waals surface area contributed by atoms with Gasteiger partial charge in [-0.2, -0.15) is 13.5 Å². The minimum atomic E-state index is -2.30. The summed E-state index contributed by atoms with van der Waals surface area (Å²) in [5.74, 6) is 0. The van der Waals surface area contributed by atoms with Crippen LogP contribution in [0.3, 0.4) is 0 Å². The van der Waals surface area contributed by atoms with E-state index < -0.39 is 7.26 Å². The fourth-order valence-electron chi connectivity index (χ4n) is 3.75. The summed E-state index contributed by atoms with van der Waals surface area (Å²) in [6, 6.07) is 44.0. The van der Waals surface area contributed by atoms with Crippen LogP contribution in [0.15, 0.2) is 121 Å². The molecule has 0 aliphatic rings. The van der Waals surface area contributed by atoms with Crippen molar-refractivity contribution in [2.75, 3.05) is 0 Å². The fourth-order valence-corrected chi connectivity index (χ4v) is 8.52. The third-order valence-electron chi connectivity index (χ3n) is 4.83. The van der Waals surface area contributed by atoms with Crippen LogP contribution in [0.4, 0.5) is 0 Å². The molecule has 4 rings (SSSR count). The molecule has 4 aromatic rings. The van der Waals surface area contributed by atoms with Gasteiger partial charge in [-0.25, -0.2) is 0 Å². The van der Waals surface area contributed by atoms with Gasteiger partial charge in [0.15, 0.2) is 0 Å². The van der Waals surface area contributed by atoms with Crippen molar-refractivity contribution in [3.05, 3.63) is 121 Å². The van der Waals surface area contributed by atoms with Gasteiger partial charge >= 0.3 is 150 Å². The van der Waals surface area contributed by atoms with Crippen molar-refractivity contribution in [1.82, 2.24) is 0 Å². The van der Waals surface area contributed by atoms with Crippen molar-refractivity contribution < 1.29 is 0 Å². The van der Waals surface area contributed by atoms with Crippen molar-refractivity contribution in [2.24, 2.45) is 0 Å². The van der Waals surface area contributed by atoms with Crippen molar-refractivity contribution in [3.8, 4) is 0 Å². The second-order valence-corrected chi connectivity index (χ2v) is 10.0. The molecule has 2 heteroatoms. The molecule has 0 bridgehead atoms. The van der Waals surface area contributed by atoms with E-state index in [2.05, 4.69) is 121 Å². The van der Waals surface area contributed by atoms with Gasteiger partial charge in [0.05, 0.1) is 0 Å². The van der Waals surface area contributed by atoms with Crippen LogP contribution < -0.4 is 21.2 Å². The van der Waals surface area contributed by atoms with Gasteiger partial charge in [-0.05, 0) is 0 Å². The van der Waals surface area contributed by atoms with Crippen LogP contribution in [0.2, 0.25) is 0 Å². The zero-order chi connectivity index (χ0) is 17.0. The molecule has 0 spiro atoms. The van der Waals surface area contributed by atoms with Crippen molar-refractivity contribution in [1.29, 1.82) is 0 Å². The Balaban J connectivity index is 0.00000196. The average molecular weight is 374 g/mol. The van der Waals surface area contributed by atoms with Crippen LogP contribution >= 0.6 is 20.8 Å². The zero-order valence-corrected chi connectivity index (χ0v) is 16.5. The Morgan fingerprint density at radius 2 is 0.500 bits per heavy atom. The Hall–Kier alpha value is -2.34. The molecule has 0 aromatic heterocycles. The standard InChI is InChI=1S/C24H21P.H2S/c1-5-13-21(14-6-1)25(22-15-7-2-8-16-22,23-17-9-3-10-18-23)24-19-11-4-12-20-24;/h1-20,25H;1H2. The summed E-state index contributed by atoms with van der Waals surface area (Å²) in [6.45, 7) is 0. The first-order chi connectivity index (χ1) is 12.4. The van der Waals surface area contributed by atoms with E-state index >= 15 is 0 Å². The predicted octanol–water partition coefficient (Wildman–Crippen LogP) is 4.15. The first kappa shape index (κ1) is 18.5. The topological polar surface area (TPSA) is 0 Å². The molecule has 0 amide bonds. The Morgan fingerprint density at radius 3 is 0.692 bits per heavy atom. The molecule has 0 atom stereocenters. The Kier molecular flexibility index (Phi) is 5.93. The third-order valence-corrected chi connectivity index (χ3v) is 9.62. The molecule has 26 heavy (non-hydrogen) atoms. The molecule has 0 unspecified atom stereocenters. The number of hydrogen-bond acceptors (Lipinski definition) is 0. The van der Waals surface area contributed by atoms with Crippen LogP contribution in [-0.2, 0) is 0 Å². The zero-order valence-electron chi connectivity index (χ0n) is 14.5. The fraction of sp³-hybridized carbons (Fsp3) is 0. The van der Waals surface area contributed by atoms with Gasteiger partial charge in [0.1, 0.15) is 0 Å². The van der Waals surface area contributed by atoms with E-state index in [-0.39, 0.29) is 13.5 Å². The number of hydrogen-bond donors (Lipinski definition) is 0. The van der Waals surface area contributed by atoms with Gasteiger partial charge in [0.2, 0.25) is 0 Å². The molecule has 0 radical (unpaired) electrons. The summed E-state index contributed by atoms with van der Waals surface area (Å²) in [5, 5.41) is 5.66. The molecular weight excluding hydrogens is 351 g/mol. The maximum absolute atomic E-state index is 2.30. The van der Waals surface area contributed by atoms with Crippen LogP contribution in [-0.4, -0.2) is 0 Å². The average Bonchev–Trinajstić information content (AvgIpc) is 2.72. The molecule has 0 saturated carbocycles. The van der Waals surface area contributed by atoms with Gasteiger partial charge in [0, 0.05) is 0 Å². The van der Waals surface area contributed by atoms with Gasteiger partial charge < -0.3 is 0 Å². The second kappa shape index (κ2) is 8.36. The van der Waals surface area contributed by atoms with Gasteiger partial charge in [-0.1, -0.05) is 0 Å². The molecule has 0 aliphatic carbocycles. The maximum atomic E-state index is 2.29. The minimum absolute atomic E-state index is 0. The quantitative estimate of drug-likeness (QED) is 0.471. The normalized spacial score (nSPS) is 11.4. The summed E-state index contributed by atoms with van der Waals surface area (Å²) in [4.78, 5) is 0. The molecule has 0 nitrogen and oxygen atoms in total.